The minimum atomic E-state index is -0.0733. The van der Waals surface area contributed by atoms with Crippen LogP contribution in [0.15, 0.2) is 24.3 Å². The van der Waals surface area contributed by atoms with Crippen molar-refractivity contribution in [1.29, 1.82) is 0 Å². The number of nitrogens with zero attached hydrogens (tertiary/aromatic N) is 1. The van der Waals surface area contributed by atoms with E-state index in [-0.39, 0.29) is 17.8 Å². The fraction of sp³-hybridized carbons (Fsp3) is 0.533. The average molecular weight is 281 g/mol. The first kappa shape index (κ1) is 14.4. The predicted octanol–water partition coefficient (Wildman–Crippen LogP) is 2.52. The molecule has 1 N–H and O–H groups in total. The zero-order valence-corrected chi connectivity index (χ0v) is 12.1. The fourth-order valence-corrected chi connectivity index (χ4v) is 3.16. The Bertz CT molecular complexity index is 452. The summed E-state index contributed by atoms with van der Waals surface area (Å²) in [5.74, 6) is 0.341. The second kappa shape index (κ2) is 5.51. The molecule has 0 aliphatic carbocycles. The SMILES string of the molecule is Cc1ccc(N2CCC3(CCNCC3)C2=O)cc1.Cl. The van der Waals surface area contributed by atoms with Crippen molar-refractivity contribution in [2.24, 2.45) is 5.41 Å². The van der Waals surface area contributed by atoms with Gasteiger partial charge < -0.3 is 10.2 Å². The molecule has 0 unspecified atom stereocenters. The highest BCUT2D eigenvalue weighted by Crippen LogP contribution is 2.41. The van der Waals surface area contributed by atoms with Crippen molar-refractivity contribution < 1.29 is 4.79 Å². The number of hydrogen-bond acceptors (Lipinski definition) is 2. The monoisotopic (exact) mass is 280 g/mol. The van der Waals surface area contributed by atoms with Crippen LogP contribution >= 0.6 is 12.4 Å². The van der Waals surface area contributed by atoms with Crippen LogP contribution in [0.5, 0.6) is 0 Å². The highest BCUT2D eigenvalue weighted by molar-refractivity contribution is 6.00. The third-order valence-corrected chi connectivity index (χ3v) is 4.42. The Kier molecular flexibility index (Phi) is 4.16. The lowest BCUT2D eigenvalue weighted by molar-refractivity contribution is -0.126. The molecule has 0 bridgehead atoms. The molecule has 1 aromatic carbocycles. The lowest BCUT2D eigenvalue weighted by Gasteiger charge is -2.32. The highest BCUT2D eigenvalue weighted by Gasteiger charge is 2.47. The number of carbonyl (C=O) groups is 1. The Labute approximate surface area is 120 Å². The normalized spacial score (nSPS) is 21.5. The quantitative estimate of drug-likeness (QED) is 0.857. The van der Waals surface area contributed by atoms with Gasteiger partial charge in [0.25, 0.3) is 0 Å². The van der Waals surface area contributed by atoms with Crippen LogP contribution in [0.2, 0.25) is 0 Å². The third-order valence-electron chi connectivity index (χ3n) is 4.42. The van der Waals surface area contributed by atoms with Crippen LogP contribution in [0.4, 0.5) is 5.69 Å². The number of aryl methyl sites for hydroxylation is 1. The molecule has 3 nitrogen and oxygen atoms in total. The summed E-state index contributed by atoms with van der Waals surface area (Å²) in [6, 6.07) is 8.28. The molecule has 1 amide bonds. The van der Waals surface area contributed by atoms with E-state index in [1.54, 1.807) is 0 Å². The Hall–Kier alpha value is -1.06. The van der Waals surface area contributed by atoms with Crippen LogP contribution < -0.4 is 10.2 Å². The molecule has 19 heavy (non-hydrogen) atoms. The van der Waals surface area contributed by atoms with Gasteiger partial charge in [0.15, 0.2) is 0 Å². The molecular weight excluding hydrogens is 260 g/mol. The van der Waals surface area contributed by atoms with Gasteiger partial charge in [-0.1, -0.05) is 17.7 Å². The van der Waals surface area contributed by atoms with Gasteiger partial charge in [0.1, 0.15) is 0 Å². The van der Waals surface area contributed by atoms with Gasteiger partial charge in [-0.2, -0.15) is 0 Å². The summed E-state index contributed by atoms with van der Waals surface area (Å²) in [4.78, 5) is 14.6. The van der Waals surface area contributed by atoms with Crippen molar-refractivity contribution in [2.75, 3.05) is 24.5 Å². The molecule has 0 saturated carbocycles. The molecule has 0 atom stereocenters. The van der Waals surface area contributed by atoms with Crippen LogP contribution in [0, 0.1) is 12.3 Å². The Morgan fingerprint density at radius 3 is 2.37 bits per heavy atom. The summed E-state index contributed by atoms with van der Waals surface area (Å²) in [7, 11) is 0. The number of amides is 1. The first-order chi connectivity index (χ1) is 8.71. The summed E-state index contributed by atoms with van der Waals surface area (Å²) in [6.07, 6.45) is 3.00. The Morgan fingerprint density at radius 1 is 1.11 bits per heavy atom. The second-order valence-corrected chi connectivity index (χ2v) is 5.57. The van der Waals surface area contributed by atoms with E-state index in [1.807, 2.05) is 4.90 Å². The molecule has 2 aliphatic heterocycles. The van der Waals surface area contributed by atoms with Crippen molar-refractivity contribution in [3.8, 4) is 0 Å². The van der Waals surface area contributed by atoms with E-state index in [2.05, 4.69) is 36.5 Å². The number of anilines is 1. The minimum absolute atomic E-state index is 0. The zero-order chi connectivity index (χ0) is 12.6. The van der Waals surface area contributed by atoms with Gasteiger partial charge in [0, 0.05) is 12.2 Å². The van der Waals surface area contributed by atoms with Gasteiger partial charge in [-0.15, -0.1) is 12.4 Å². The lowest BCUT2D eigenvalue weighted by Crippen LogP contribution is -2.42. The standard InChI is InChI=1S/C15H20N2O.ClH/c1-12-2-4-13(5-3-12)17-11-8-15(14(17)18)6-9-16-10-7-15;/h2-5,16H,6-11H2,1H3;1H. The topological polar surface area (TPSA) is 32.3 Å². The molecule has 1 aromatic rings. The smallest absolute Gasteiger partial charge is 0.233 e. The lowest BCUT2D eigenvalue weighted by atomic mass is 9.78. The molecule has 0 radical (unpaired) electrons. The van der Waals surface area contributed by atoms with E-state index < -0.39 is 0 Å². The molecule has 4 heteroatoms. The molecule has 2 fully saturated rings. The number of halogens is 1. The van der Waals surface area contributed by atoms with E-state index in [0.29, 0.717) is 5.91 Å². The summed E-state index contributed by atoms with van der Waals surface area (Å²) in [5, 5.41) is 3.35. The van der Waals surface area contributed by atoms with Gasteiger partial charge in [-0.25, -0.2) is 0 Å². The van der Waals surface area contributed by atoms with Gasteiger partial charge in [-0.05, 0) is 51.4 Å². The summed E-state index contributed by atoms with van der Waals surface area (Å²) in [5.41, 5.74) is 2.22. The predicted molar refractivity (Wildman–Crippen MR) is 79.9 cm³/mol. The minimum Gasteiger partial charge on any atom is -0.317 e. The molecule has 2 saturated heterocycles. The largest absolute Gasteiger partial charge is 0.317 e. The van der Waals surface area contributed by atoms with Crippen LogP contribution in [0.3, 0.4) is 0 Å². The van der Waals surface area contributed by atoms with E-state index in [1.165, 1.54) is 5.56 Å². The first-order valence-electron chi connectivity index (χ1n) is 6.81. The molecule has 2 heterocycles. The molecule has 2 aliphatic rings. The van der Waals surface area contributed by atoms with Crippen LogP contribution in [-0.2, 0) is 4.79 Å². The third kappa shape index (κ3) is 2.49. The van der Waals surface area contributed by atoms with Gasteiger partial charge in [0.2, 0.25) is 5.91 Å². The van der Waals surface area contributed by atoms with Crippen LogP contribution in [0.1, 0.15) is 24.8 Å². The van der Waals surface area contributed by atoms with Gasteiger partial charge >= 0.3 is 0 Å². The van der Waals surface area contributed by atoms with Crippen LogP contribution in [-0.4, -0.2) is 25.5 Å². The second-order valence-electron chi connectivity index (χ2n) is 5.57. The number of rotatable bonds is 1. The first-order valence-corrected chi connectivity index (χ1v) is 6.81. The van der Waals surface area contributed by atoms with Crippen molar-refractivity contribution >= 4 is 24.0 Å². The average Bonchev–Trinajstić information content (AvgIpc) is 2.70. The number of benzene rings is 1. The van der Waals surface area contributed by atoms with E-state index in [9.17, 15) is 4.79 Å². The van der Waals surface area contributed by atoms with E-state index >= 15 is 0 Å². The zero-order valence-electron chi connectivity index (χ0n) is 11.3. The van der Waals surface area contributed by atoms with Gasteiger partial charge in [-0.3, -0.25) is 4.79 Å². The Balaban J connectivity index is 0.00000133. The Morgan fingerprint density at radius 2 is 1.74 bits per heavy atom. The maximum absolute atomic E-state index is 12.7. The molecule has 3 rings (SSSR count). The van der Waals surface area contributed by atoms with Crippen LogP contribution in [0.25, 0.3) is 0 Å². The maximum atomic E-state index is 12.7. The van der Waals surface area contributed by atoms with Crippen molar-refractivity contribution in [1.82, 2.24) is 5.32 Å². The fourth-order valence-electron chi connectivity index (χ4n) is 3.16. The summed E-state index contributed by atoms with van der Waals surface area (Å²) < 4.78 is 0. The summed E-state index contributed by atoms with van der Waals surface area (Å²) in [6.45, 7) is 4.91. The van der Waals surface area contributed by atoms with Crippen molar-refractivity contribution in [3.63, 3.8) is 0 Å². The molecular formula is C15H21ClN2O. The van der Waals surface area contributed by atoms with Gasteiger partial charge in [0.05, 0.1) is 5.41 Å². The molecule has 104 valence electrons. The number of carbonyl (C=O) groups excluding carboxylic acids is 1. The molecule has 0 aromatic heterocycles. The van der Waals surface area contributed by atoms with E-state index in [4.69, 9.17) is 0 Å². The number of nitrogens with one attached hydrogen (secondary N) is 1. The highest BCUT2D eigenvalue weighted by atomic mass is 35.5. The number of hydrogen-bond donors (Lipinski definition) is 1. The molecule has 1 spiro atoms. The van der Waals surface area contributed by atoms with E-state index in [0.717, 1.165) is 44.6 Å². The summed E-state index contributed by atoms with van der Waals surface area (Å²) >= 11 is 0. The van der Waals surface area contributed by atoms with Crippen molar-refractivity contribution in [3.05, 3.63) is 29.8 Å². The van der Waals surface area contributed by atoms with Crippen molar-refractivity contribution in [2.45, 2.75) is 26.2 Å². The number of piperidine rings is 1. The maximum Gasteiger partial charge on any atom is 0.233 e.